The summed E-state index contributed by atoms with van der Waals surface area (Å²) in [5, 5.41) is 2.58. The summed E-state index contributed by atoms with van der Waals surface area (Å²) in [6.07, 6.45) is 3.72. The fourth-order valence-electron chi connectivity index (χ4n) is 3.87. The molecule has 0 spiro atoms. The smallest absolute Gasteiger partial charge is 0.314 e. The van der Waals surface area contributed by atoms with Gasteiger partial charge in [-0.05, 0) is 43.5 Å². The van der Waals surface area contributed by atoms with Crippen molar-refractivity contribution >= 4 is 11.9 Å². The van der Waals surface area contributed by atoms with Gasteiger partial charge in [-0.2, -0.15) is 0 Å². The van der Waals surface area contributed by atoms with Crippen molar-refractivity contribution in [3.8, 4) is 11.5 Å². The van der Waals surface area contributed by atoms with Gasteiger partial charge in [-0.25, -0.2) is 13.2 Å². The van der Waals surface area contributed by atoms with Gasteiger partial charge >= 0.3 is 5.97 Å². The second kappa shape index (κ2) is 10.4. The molecule has 0 unspecified atom stereocenters. The summed E-state index contributed by atoms with van der Waals surface area (Å²) >= 11 is 0. The Hall–Kier alpha value is -3.49. The SMILES string of the molecule is CCOC(=O)[C@H](c1cc(OC)ccc1OC)[C@@H]1C=C[C@H](NC(=O)c2cc(F)c(F)cc2F)C1. The molecule has 0 aromatic heterocycles. The monoisotopic (exact) mass is 463 g/mol. The lowest BCUT2D eigenvalue weighted by atomic mass is 9.84. The molecule has 0 heterocycles. The number of allylic oxidation sites excluding steroid dienone is 1. The van der Waals surface area contributed by atoms with Gasteiger partial charge in [-0.15, -0.1) is 0 Å². The summed E-state index contributed by atoms with van der Waals surface area (Å²) in [6, 6.07) is 5.35. The maximum absolute atomic E-state index is 14.0. The summed E-state index contributed by atoms with van der Waals surface area (Å²) in [7, 11) is 2.99. The van der Waals surface area contributed by atoms with E-state index in [1.165, 1.54) is 14.2 Å². The molecule has 1 amide bonds. The average molecular weight is 463 g/mol. The number of benzene rings is 2. The molecule has 2 aromatic rings. The van der Waals surface area contributed by atoms with E-state index in [-0.39, 0.29) is 12.5 Å². The van der Waals surface area contributed by atoms with Crippen molar-refractivity contribution < 1.29 is 37.0 Å². The van der Waals surface area contributed by atoms with Gasteiger partial charge in [0.25, 0.3) is 5.91 Å². The Morgan fingerprint density at radius 1 is 1.03 bits per heavy atom. The molecule has 3 rings (SSSR count). The predicted octanol–water partition coefficient (Wildman–Crippen LogP) is 4.14. The molecule has 9 heteroatoms. The molecule has 1 N–H and O–H groups in total. The molecule has 6 nitrogen and oxygen atoms in total. The molecule has 0 saturated carbocycles. The molecule has 33 heavy (non-hydrogen) atoms. The zero-order valence-electron chi connectivity index (χ0n) is 18.4. The highest BCUT2D eigenvalue weighted by Crippen LogP contribution is 2.40. The number of carbonyl (C=O) groups excluding carboxylic acids is 2. The third kappa shape index (κ3) is 5.30. The highest BCUT2D eigenvalue weighted by molar-refractivity contribution is 5.94. The van der Waals surface area contributed by atoms with Crippen LogP contribution in [-0.2, 0) is 9.53 Å². The lowest BCUT2D eigenvalue weighted by molar-refractivity contribution is -0.146. The third-order valence-corrected chi connectivity index (χ3v) is 5.43. The van der Waals surface area contributed by atoms with E-state index in [1.54, 1.807) is 37.3 Å². The standard InChI is InChI=1S/C24H24F3NO5/c1-4-33-24(30)22(17-10-15(31-2)7-8-21(17)32-3)13-5-6-14(9-13)28-23(29)16-11-19(26)20(27)12-18(16)25/h5-8,10-14,22H,4,9H2,1-3H3,(H,28,29)/t13-,14+,22+/m1/s1. The number of methoxy groups -OCH3 is 2. The Bertz CT molecular complexity index is 1070. The van der Waals surface area contributed by atoms with Gasteiger partial charge in [-0.3, -0.25) is 9.59 Å². The van der Waals surface area contributed by atoms with Crippen LogP contribution in [0.25, 0.3) is 0 Å². The van der Waals surface area contributed by atoms with Crippen LogP contribution in [0.3, 0.4) is 0 Å². The molecule has 1 aliphatic rings. The maximum Gasteiger partial charge on any atom is 0.314 e. The molecule has 0 saturated heterocycles. The zero-order valence-corrected chi connectivity index (χ0v) is 18.4. The minimum Gasteiger partial charge on any atom is -0.497 e. The van der Waals surface area contributed by atoms with Gasteiger partial charge in [0.1, 0.15) is 17.3 Å². The number of esters is 1. The van der Waals surface area contributed by atoms with E-state index in [4.69, 9.17) is 14.2 Å². The van der Waals surface area contributed by atoms with Crippen LogP contribution in [-0.4, -0.2) is 38.7 Å². The molecule has 0 bridgehead atoms. The Morgan fingerprint density at radius 3 is 2.42 bits per heavy atom. The molecule has 0 aliphatic heterocycles. The van der Waals surface area contributed by atoms with Crippen molar-refractivity contribution in [1.29, 1.82) is 0 Å². The molecular formula is C24H24F3NO5. The molecule has 0 radical (unpaired) electrons. The normalized spacial score (nSPS) is 18.0. The largest absolute Gasteiger partial charge is 0.497 e. The number of hydrogen-bond donors (Lipinski definition) is 1. The molecular weight excluding hydrogens is 439 g/mol. The van der Waals surface area contributed by atoms with E-state index in [0.717, 1.165) is 0 Å². The van der Waals surface area contributed by atoms with Gasteiger partial charge < -0.3 is 19.5 Å². The Morgan fingerprint density at radius 2 is 1.76 bits per heavy atom. The van der Waals surface area contributed by atoms with E-state index in [2.05, 4.69) is 5.32 Å². The number of halogens is 3. The van der Waals surface area contributed by atoms with Crippen LogP contribution in [0.2, 0.25) is 0 Å². The summed E-state index contributed by atoms with van der Waals surface area (Å²) in [4.78, 5) is 25.3. The lowest BCUT2D eigenvalue weighted by Gasteiger charge is -2.24. The molecule has 0 fully saturated rings. The quantitative estimate of drug-likeness (QED) is 0.362. The topological polar surface area (TPSA) is 73.9 Å². The fourth-order valence-corrected chi connectivity index (χ4v) is 3.87. The number of amides is 1. The Kier molecular flexibility index (Phi) is 7.63. The average Bonchev–Trinajstić information content (AvgIpc) is 3.24. The van der Waals surface area contributed by atoms with Crippen molar-refractivity contribution in [1.82, 2.24) is 5.32 Å². The summed E-state index contributed by atoms with van der Waals surface area (Å²) in [5.41, 5.74) is -0.0502. The number of ether oxygens (including phenoxy) is 3. The number of rotatable bonds is 8. The van der Waals surface area contributed by atoms with Crippen molar-refractivity contribution in [3.05, 3.63) is 71.1 Å². The molecule has 176 valence electrons. The minimum absolute atomic E-state index is 0.174. The third-order valence-electron chi connectivity index (χ3n) is 5.43. The first kappa shape index (κ1) is 24.2. The van der Waals surface area contributed by atoms with Crippen molar-refractivity contribution in [2.45, 2.75) is 25.3 Å². The van der Waals surface area contributed by atoms with Gasteiger partial charge in [0, 0.05) is 17.7 Å². The van der Waals surface area contributed by atoms with Crippen molar-refractivity contribution in [2.75, 3.05) is 20.8 Å². The Balaban J connectivity index is 1.83. The van der Waals surface area contributed by atoms with E-state index in [0.29, 0.717) is 35.6 Å². The van der Waals surface area contributed by atoms with Crippen LogP contribution >= 0.6 is 0 Å². The number of carbonyl (C=O) groups is 2. The predicted molar refractivity (Wildman–Crippen MR) is 114 cm³/mol. The highest BCUT2D eigenvalue weighted by atomic mass is 19.2. The maximum atomic E-state index is 14.0. The van der Waals surface area contributed by atoms with Crippen molar-refractivity contribution in [2.24, 2.45) is 5.92 Å². The summed E-state index contributed by atoms with van der Waals surface area (Å²) in [5.74, 6) is -5.39. The second-order valence-corrected chi connectivity index (χ2v) is 7.45. The fraction of sp³-hybridized carbons (Fsp3) is 0.333. The van der Waals surface area contributed by atoms with E-state index < -0.39 is 46.9 Å². The van der Waals surface area contributed by atoms with Gasteiger partial charge in [0.05, 0.1) is 32.3 Å². The lowest BCUT2D eigenvalue weighted by Crippen LogP contribution is -2.34. The van der Waals surface area contributed by atoms with E-state index in [9.17, 15) is 22.8 Å². The number of hydrogen-bond acceptors (Lipinski definition) is 5. The van der Waals surface area contributed by atoms with Crippen LogP contribution in [0, 0.1) is 23.4 Å². The Labute approximate surface area is 189 Å². The van der Waals surface area contributed by atoms with Crippen LogP contribution in [0.4, 0.5) is 13.2 Å². The van der Waals surface area contributed by atoms with Gasteiger partial charge in [-0.1, -0.05) is 12.2 Å². The van der Waals surface area contributed by atoms with Crippen LogP contribution < -0.4 is 14.8 Å². The minimum atomic E-state index is -1.38. The second-order valence-electron chi connectivity index (χ2n) is 7.45. The van der Waals surface area contributed by atoms with Crippen molar-refractivity contribution in [3.63, 3.8) is 0 Å². The van der Waals surface area contributed by atoms with Crippen LogP contribution in [0.15, 0.2) is 42.5 Å². The summed E-state index contributed by atoms with van der Waals surface area (Å²) < 4.78 is 56.6. The molecule has 2 aromatic carbocycles. The first-order valence-electron chi connectivity index (χ1n) is 10.3. The highest BCUT2D eigenvalue weighted by Gasteiger charge is 2.36. The first-order valence-corrected chi connectivity index (χ1v) is 10.3. The molecule has 3 atom stereocenters. The van der Waals surface area contributed by atoms with Gasteiger partial charge in [0.15, 0.2) is 11.6 Å². The summed E-state index contributed by atoms with van der Waals surface area (Å²) in [6.45, 7) is 1.87. The van der Waals surface area contributed by atoms with Crippen LogP contribution in [0.1, 0.15) is 35.2 Å². The zero-order chi connectivity index (χ0) is 24.1. The van der Waals surface area contributed by atoms with Gasteiger partial charge in [0.2, 0.25) is 0 Å². The van der Waals surface area contributed by atoms with E-state index >= 15 is 0 Å². The molecule has 1 aliphatic carbocycles. The van der Waals surface area contributed by atoms with Crippen LogP contribution in [0.5, 0.6) is 11.5 Å². The van der Waals surface area contributed by atoms with E-state index in [1.807, 2.05) is 0 Å². The number of nitrogens with one attached hydrogen (secondary N) is 1. The first-order chi connectivity index (χ1) is 15.8.